The maximum absolute atomic E-state index is 12.9. The average Bonchev–Trinajstić information content (AvgIpc) is 2.57. The van der Waals surface area contributed by atoms with Crippen LogP contribution in [0, 0.1) is 11.0 Å². The van der Waals surface area contributed by atoms with Gasteiger partial charge < -0.3 is 5.21 Å². The number of carbonyl (C=O) groups excluding carboxylic acids is 1. The summed E-state index contributed by atoms with van der Waals surface area (Å²) in [5.41, 5.74) is 1.34. The van der Waals surface area contributed by atoms with E-state index in [1.165, 1.54) is 30.5 Å². The third kappa shape index (κ3) is 3.74. The van der Waals surface area contributed by atoms with Gasteiger partial charge in [0.2, 0.25) is 0 Å². The Hall–Kier alpha value is -2.27. The summed E-state index contributed by atoms with van der Waals surface area (Å²) in [5.74, 6) is -0.0935. The van der Waals surface area contributed by atoms with Crippen LogP contribution in [0.3, 0.4) is 0 Å². The van der Waals surface area contributed by atoms with Crippen LogP contribution in [-0.4, -0.2) is 30.3 Å². The zero-order valence-corrected chi connectivity index (χ0v) is 12.8. The summed E-state index contributed by atoms with van der Waals surface area (Å²) in [6, 6.07) is 11.1. The van der Waals surface area contributed by atoms with E-state index in [-0.39, 0.29) is 17.5 Å². The van der Waals surface area contributed by atoms with Gasteiger partial charge in [0.05, 0.1) is 6.54 Å². The third-order valence-electron chi connectivity index (χ3n) is 4.39. The Kier molecular flexibility index (Phi) is 4.67. The minimum Gasteiger partial charge on any atom is -0.618 e. The topological polar surface area (TPSA) is 47.2 Å². The van der Waals surface area contributed by atoms with E-state index >= 15 is 0 Å². The molecule has 0 aliphatic carbocycles. The molecule has 0 atom stereocenters. The van der Waals surface area contributed by atoms with E-state index in [1.807, 2.05) is 12.1 Å². The molecule has 0 unspecified atom stereocenters. The van der Waals surface area contributed by atoms with E-state index in [1.54, 1.807) is 6.07 Å². The van der Waals surface area contributed by atoms with E-state index in [0.29, 0.717) is 12.1 Å². The van der Waals surface area contributed by atoms with E-state index in [9.17, 15) is 14.4 Å². The number of benzene rings is 1. The van der Waals surface area contributed by atoms with Crippen LogP contribution in [0.15, 0.2) is 48.7 Å². The predicted molar refractivity (Wildman–Crippen MR) is 84.5 cm³/mol. The molecule has 3 rings (SSSR count). The van der Waals surface area contributed by atoms with Crippen molar-refractivity contribution < 1.29 is 13.9 Å². The molecule has 1 aliphatic heterocycles. The molecule has 4 nitrogen and oxygen atoms in total. The van der Waals surface area contributed by atoms with Crippen molar-refractivity contribution in [3.63, 3.8) is 0 Å². The summed E-state index contributed by atoms with van der Waals surface area (Å²) < 4.78 is 13.8. The molecule has 1 aliphatic rings. The summed E-state index contributed by atoms with van der Waals surface area (Å²) in [6.45, 7) is 1.91. The lowest BCUT2D eigenvalue weighted by Crippen LogP contribution is -2.40. The number of nitrogens with zero attached hydrogens (tertiary/aromatic N) is 2. The third-order valence-corrected chi connectivity index (χ3v) is 4.39. The molecule has 1 aromatic carbocycles. The lowest BCUT2D eigenvalue weighted by Gasteiger charge is -2.30. The number of piperidine rings is 1. The highest BCUT2D eigenvalue weighted by atomic mass is 19.1. The normalized spacial score (nSPS) is 16.4. The molecule has 0 bridgehead atoms. The maximum Gasteiger partial charge on any atom is 0.195 e. The van der Waals surface area contributed by atoms with Crippen LogP contribution in [0.1, 0.15) is 34.8 Å². The van der Waals surface area contributed by atoms with Gasteiger partial charge in [-0.05, 0) is 50.2 Å². The standard InChI is InChI=1S/C18H19FN2O2/c19-16-6-4-15(5-7-16)18(22)13-20-11-8-14(9-12-20)17-3-1-2-10-21(17)23/h1-7,10,14H,8-9,11-13H2. The van der Waals surface area contributed by atoms with Crippen molar-refractivity contribution >= 4 is 5.78 Å². The lowest BCUT2D eigenvalue weighted by molar-refractivity contribution is -0.616. The molecule has 1 saturated heterocycles. The Labute approximate surface area is 134 Å². The Morgan fingerprint density at radius 2 is 1.87 bits per heavy atom. The number of rotatable bonds is 4. The maximum atomic E-state index is 12.9. The molecular weight excluding hydrogens is 295 g/mol. The molecule has 0 saturated carbocycles. The molecule has 0 spiro atoms. The lowest BCUT2D eigenvalue weighted by atomic mass is 9.92. The summed E-state index contributed by atoms with van der Waals surface area (Å²) in [4.78, 5) is 14.3. The van der Waals surface area contributed by atoms with Gasteiger partial charge in [0, 0.05) is 23.6 Å². The number of halogens is 1. The summed E-state index contributed by atoms with van der Waals surface area (Å²) in [7, 11) is 0. The van der Waals surface area contributed by atoms with Gasteiger partial charge in [0.1, 0.15) is 5.82 Å². The fourth-order valence-corrected chi connectivity index (χ4v) is 3.07. The Balaban J connectivity index is 1.56. The van der Waals surface area contributed by atoms with Crippen molar-refractivity contribution in [3.8, 4) is 0 Å². The van der Waals surface area contributed by atoms with Gasteiger partial charge in [-0.1, -0.05) is 6.07 Å². The highest BCUT2D eigenvalue weighted by Crippen LogP contribution is 2.25. The Morgan fingerprint density at radius 1 is 1.17 bits per heavy atom. The highest BCUT2D eigenvalue weighted by molar-refractivity contribution is 5.97. The van der Waals surface area contributed by atoms with Gasteiger partial charge in [-0.3, -0.25) is 9.69 Å². The number of Topliss-reactive ketones (excluding diaryl/α,β-unsaturated/α-hetero) is 1. The largest absolute Gasteiger partial charge is 0.618 e. The Morgan fingerprint density at radius 3 is 2.52 bits per heavy atom. The average molecular weight is 314 g/mol. The van der Waals surface area contributed by atoms with Crippen LogP contribution in [0.2, 0.25) is 0 Å². The first-order valence-corrected chi connectivity index (χ1v) is 7.82. The first-order valence-electron chi connectivity index (χ1n) is 7.82. The van der Waals surface area contributed by atoms with E-state index in [2.05, 4.69) is 4.90 Å². The molecule has 2 aromatic rings. The van der Waals surface area contributed by atoms with E-state index in [0.717, 1.165) is 36.4 Å². The number of likely N-dealkylation sites (tertiary alicyclic amines) is 1. The van der Waals surface area contributed by atoms with E-state index < -0.39 is 0 Å². The number of hydrogen-bond acceptors (Lipinski definition) is 3. The SMILES string of the molecule is O=C(CN1CCC(c2cccc[n+]2[O-])CC1)c1ccc(F)cc1. The van der Waals surface area contributed by atoms with Gasteiger partial charge in [-0.2, -0.15) is 4.73 Å². The van der Waals surface area contributed by atoms with Crippen molar-refractivity contribution in [1.29, 1.82) is 0 Å². The van der Waals surface area contributed by atoms with Crippen LogP contribution in [0.25, 0.3) is 0 Å². The zero-order valence-electron chi connectivity index (χ0n) is 12.8. The number of aromatic nitrogens is 1. The van der Waals surface area contributed by atoms with Crippen molar-refractivity contribution in [2.75, 3.05) is 19.6 Å². The molecule has 120 valence electrons. The van der Waals surface area contributed by atoms with Crippen molar-refractivity contribution in [2.45, 2.75) is 18.8 Å². The molecular formula is C18H19FN2O2. The van der Waals surface area contributed by atoms with Gasteiger partial charge in [-0.15, -0.1) is 0 Å². The second-order valence-corrected chi connectivity index (χ2v) is 5.93. The van der Waals surface area contributed by atoms with Crippen molar-refractivity contribution in [2.24, 2.45) is 0 Å². The predicted octanol–water partition coefficient (Wildman–Crippen LogP) is 2.52. The van der Waals surface area contributed by atoms with Crippen molar-refractivity contribution in [3.05, 3.63) is 70.9 Å². The molecule has 0 amide bonds. The van der Waals surface area contributed by atoms with Crippen LogP contribution < -0.4 is 4.73 Å². The second kappa shape index (κ2) is 6.87. The number of ketones is 1. The number of hydrogen-bond donors (Lipinski definition) is 0. The fourth-order valence-electron chi connectivity index (χ4n) is 3.07. The molecule has 5 heteroatoms. The molecule has 1 aromatic heterocycles. The van der Waals surface area contributed by atoms with E-state index in [4.69, 9.17) is 0 Å². The molecule has 0 radical (unpaired) electrons. The second-order valence-electron chi connectivity index (χ2n) is 5.93. The van der Waals surface area contributed by atoms with Gasteiger partial charge in [-0.25, -0.2) is 4.39 Å². The van der Waals surface area contributed by atoms with Crippen LogP contribution in [0.5, 0.6) is 0 Å². The fraction of sp³-hybridized carbons (Fsp3) is 0.333. The molecule has 2 heterocycles. The number of pyridine rings is 1. The van der Waals surface area contributed by atoms with Crippen LogP contribution >= 0.6 is 0 Å². The Bertz CT molecular complexity index is 680. The summed E-state index contributed by atoms with van der Waals surface area (Å²) in [6.07, 6.45) is 3.26. The summed E-state index contributed by atoms with van der Waals surface area (Å²) >= 11 is 0. The van der Waals surface area contributed by atoms with Crippen molar-refractivity contribution in [1.82, 2.24) is 4.90 Å². The summed E-state index contributed by atoms with van der Waals surface area (Å²) in [5, 5.41) is 11.8. The van der Waals surface area contributed by atoms with Crippen LogP contribution in [0.4, 0.5) is 4.39 Å². The smallest absolute Gasteiger partial charge is 0.195 e. The molecule has 1 fully saturated rings. The minimum absolute atomic E-state index is 0.00190. The van der Waals surface area contributed by atoms with Gasteiger partial charge in [0.25, 0.3) is 0 Å². The van der Waals surface area contributed by atoms with Gasteiger partial charge in [0.15, 0.2) is 17.7 Å². The number of carbonyl (C=O) groups is 1. The van der Waals surface area contributed by atoms with Crippen LogP contribution in [-0.2, 0) is 0 Å². The van der Waals surface area contributed by atoms with Gasteiger partial charge >= 0.3 is 0 Å². The zero-order chi connectivity index (χ0) is 16.2. The quantitative estimate of drug-likeness (QED) is 0.495. The first kappa shape index (κ1) is 15.6. The molecule has 23 heavy (non-hydrogen) atoms. The first-order chi connectivity index (χ1) is 11.1. The monoisotopic (exact) mass is 314 g/mol. The molecule has 0 N–H and O–H groups in total. The highest BCUT2D eigenvalue weighted by Gasteiger charge is 2.26. The minimum atomic E-state index is -0.337.